The molecule has 3 aromatic carbocycles. The van der Waals surface area contributed by atoms with Crippen LogP contribution in [-0.2, 0) is 28.5 Å². The van der Waals surface area contributed by atoms with E-state index in [-0.39, 0.29) is 26.4 Å². The molecule has 48 heavy (non-hydrogen) atoms. The third kappa shape index (κ3) is 13.2. The van der Waals surface area contributed by atoms with Gasteiger partial charge in [-0.3, -0.25) is 4.79 Å². The molecule has 1 unspecified atom stereocenters. The number of ether oxygens (including phenoxy) is 7. The Morgan fingerprint density at radius 1 is 0.708 bits per heavy atom. The van der Waals surface area contributed by atoms with Crippen molar-refractivity contribution < 1.29 is 47.5 Å². The quantitative estimate of drug-likeness (QED) is 0.0567. The predicted octanol–water partition coefficient (Wildman–Crippen LogP) is 4.59. The molecule has 254 valence electrons. The van der Waals surface area contributed by atoms with Gasteiger partial charge in [-0.2, -0.15) is 0 Å². The van der Waals surface area contributed by atoms with Gasteiger partial charge in [0.2, 0.25) is 0 Å². The fraction of sp³-hybridized carbons (Fsp3) is 0.361. The minimum Gasteiger partial charge on any atom is -0.491 e. The van der Waals surface area contributed by atoms with Crippen LogP contribution >= 0.6 is 0 Å². The number of hydrogen-bond acceptors (Lipinski definition) is 11. The van der Waals surface area contributed by atoms with Crippen molar-refractivity contribution in [3.8, 4) is 28.4 Å². The highest BCUT2D eigenvalue weighted by atomic mass is 16.6. The monoisotopic (exact) mass is 659 g/mol. The first-order chi connectivity index (χ1) is 23.1. The van der Waals surface area contributed by atoms with Gasteiger partial charge in [0.1, 0.15) is 49.7 Å². The Bertz CT molecular complexity index is 1440. The molecule has 0 aliphatic carbocycles. The van der Waals surface area contributed by atoms with Gasteiger partial charge in [0.05, 0.1) is 39.8 Å². The van der Waals surface area contributed by atoms with Crippen LogP contribution in [0.5, 0.6) is 17.2 Å². The lowest BCUT2D eigenvalue weighted by Crippen LogP contribution is -2.44. The molecule has 0 saturated carbocycles. The summed E-state index contributed by atoms with van der Waals surface area (Å²) < 4.78 is 37.8. The fourth-order valence-corrected chi connectivity index (χ4v) is 4.29. The second-order valence-electron chi connectivity index (χ2n) is 11.0. The molecule has 0 spiro atoms. The van der Waals surface area contributed by atoms with Crippen LogP contribution < -0.4 is 19.5 Å². The number of hydrogen-bond donors (Lipinski definition) is 1. The van der Waals surface area contributed by atoms with E-state index < -0.39 is 29.3 Å². The van der Waals surface area contributed by atoms with E-state index in [0.717, 1.165) is 17.2 Å². The van der Waals surface area contributed by atoms with Crippen LogP contribution in [0.2, 0.25) is 5.31 Å². The molecule has 0 aliphatic heterocycles. The van der Waals surface area contributed by atoms with Gasteiger partial charge < -0.3 is 38.5 Å². The number of likely N-dealkylation sites (N-methyl/N-ethyl adjacent to an activating group) is 1. The van der Waals surface area contributed by atoms with E-state index in [0.29, 0.717) is 49.2 Å². The van der Waals surface area contributed by atoms with E-state index in [1.165, 1.54) is 0 Å². The van der Waals surface area contributed by atoms with Crippen molar-refractivity contribution in [1.82, 2.24) is 5.32 Å². The second-order valence-corrected chi connectivity index (χ2v) is 11.0. The lowest BCUT2D eigenvalue weighted by molar-refractivity contribution is -0.148. The van der Waals surface area contributed by atoms with Gasteiger partial charge in [0, 0.05) is 6.08 Å². The van der Waals surface area contributed by atoms with Crippen LogP contribution in [0.1, 0.15) is 24.2 Å². The predicted molar refractivity (Wildman–Crippen MR) is 181 cm³/mol. The van der Waals surface area contributed by atoms with Crippen molar-refractivity contribution in [2.45, 2.75) is 25.2 Å². The maximum absolute atomic E-state index is 12.6. The summed E-state index contributed by atoms with van der Waals surface area (Å²) in [5.74, 6) is 0.252. The van der Waals surface area contributed by atoms with Crippen LogP contribution in [-0.4, -0.2) is 91.7 Å². The first-order valence-electron chi connectivity index (χ1n) is 15.5. The molecule has 0 amide bonds. The Labute approximate surface area is 282 Å². The first kappa shape index (κ1) is 37.8. The highest BCUT2D eigenvalue weighted by molar-refractivity contribution is 6.17. The number of carbonyl (C=O) groups is 3. The summed E-state index contributed by atoms with van der Waals surface area (Å²) in [6.45, 7) is 8.95. The van der Waals surface area contributed by atoms with Gasteiger partial charge in [-0.05, 0) is 72.0 Å². The summed E-state index contributed by atoms with van der Waals surface area (Å²) in [5.41, 5.74) is 2.28. The van der Waals surface area contributed by atoms with Crippen LogP contribution in [0.3, 0.4) is 0 Å². The average Bonchev–Trinajstić information content (AvgIpc) is 3.08. The van der Waals surface area contributed by atoms with E-state index >= 15 is 0 Å². The Hall–Kier alpha value is -4.65. The number of esters is 3. The normalized spacial score (nSPS) is 11.6. The van der Waals surface area contributed by atoms with Gasteiger partial charge in [0.25, 0.3) is 0 Å². The van der Waals surface area contributed by atoms with E-state index in [9.17, 15) is 14.4 Å². The third-order valence-electron chi connectivity index (χ3n) is 6.71. The molecule has 0 aromatic heterocycles. The van der Waals surface area contributed by atoms with Crippen molar-refractivity contribution in [3.63, 3.8) is 0 Å². The zero-order valence-electron chi connectivity index (χ0n) is 27.6. The van der Waals surface area contributed by atoms with Gasteiger partial charge in [-0.25, -0.2) is 9.59 Å². The topological polar surface area (TPSA) is 128 Å². The molecule has 3 rings (SSSR count). The minimum absolute atomic E-state index is 0.125. The largest absolute Gasteiger partial charge is 0.491 e. The van der Waals surface area contributed by atoms with Gasteiger partial charge >= 0.3 is 17.9 Å². The molecule has 12 heteroatoms. The van der Waals surface area contributed by atoms with E-state index in [1.807, 2.05) is 36.4 Å². The molecule has 2 radical (unpaired) electrons. The standard InChI is InChI=1S/C36H42BNO10/c1-5-32(39)46-25-24-45-29-12-6-26(7-13-29)27-8-16-31(17-9-27)48-34(40)28-10-14-30(15-11-28)44-22-20-42-18-19-43-21-23-47-35(41)33(38-4)36(2,3)37/h5-17,33,38H,1,18-25H2,2-4H3. The van der Waals surface area contributed by atoms with Crippen molar-refractivity contribution in [2.75, 3.05) is 59.9 Å². The van der Waals surface area contributed by atoms with Crippen molar-refractivity contribution in [2.24, 2.45) is 0 Å². The first-order valence-corrected chi connectivity index (χ1v) is 15.5. The number of benzene rings is 3. The minimum atomic E-state index is -0.742. The van der Waals surface area contributed by atoms with Gasteiger partial charge in [-0.1, -0.05) is 44.7 Å². The Kier molecular flexibility index (Phi) is 15.7. The lowest BCUT2D eigenvalue weighted by Gasteiger charge is -2.28. The maximum Gasteiger partial charge on any atom is 0.343 e. The molecule has 0 heterocycles. The zero-order valence-corrected chi connectivity index (χ0v) is 27.6. The van der Waals surface area contributed by atoms with E-state index in [2.05, 4.69) is 11.9 Å². The summed E-state index contributed by atoms with van der Waals surface area (Å²) >= 11 is 0. The van der Waals surface area contributed by atoms with E-state index in [1.54, 1.807) is 57.3 Å². The zero-order chi connectivity index (χ0) is 34.8. The van der Waals surface area contributed by atoms with Crippen LogP contribution in [0.25, 0.3) is 11.1 Å². The maximum atomic E-state index is 12.6. The summed E-state index contributed by atoms with van der Waals surface area (Å²) in [6.07, 6.45) is 1.10. The smallest absolute Gasteiger partial charge is 0.343 e. The highest BCUT2D eigenvalue weighted by Gasteiger charge is 2.30. The average molecular weight is 660 g/mol. The summed E-state index contributed by atoms with van der Waals surface area (Å²) in [4.78, 5) is 35.8. The molecule has 1 atom stereocenters. The summed E-state index contributed by atoms with van der Waals surface area (Å²) in [5, 5.41) is 2.12. The second kappa shape index (κ2) is 19.9. The van der Waals surface area contributed by atoms with Gasteiger partial charge in [-0.15, -0.1) is 0 Å². The fourth-order valence-electron chi connectivity index (χ4n) is 4.29. The Morgan fingerprint density at radius 3 is 1.69 bits per heavy atom. The van der Waals surface area contributed by atoms with Crippen LogP contribution in [0.15, 0.2) is 85.5 Å². The Balaban J connectivity index is 1.29. The molecule has 0 aliphatic rings. The molecular weight excluding hydrogens is 617 g/mol. The molecule has 11 nitrogen and oxygen atoms in total. The molecular formula is C36H42BNO10. The summed E-state index contributed by atoms with van der Waals surface area (Å²) in [7, 11) is 7.63. The highest BCUT2D eigenvalue weighted by Crippen LogP contribution is 2.26. The van der Waals surface area contributed by atoms with Crippen molar-refractivity contribution in [3.05, 3.63) is 91.0 Å². The molecule has 3 aromatic rings. The van der Waals surface area contributed by atoms with Crippen LogP contribution in [0, 0.1) is 0 Å². The Morgan fingerprint density at radius 2 is 1.17 bits per heavy atom. The number of rotatable bonds is 21. The van der Waals surface area contributed by atoms with Crippen molar-refractivity contribution in [1.29, 1.82) is 0 Å². The lowest BCUT2D eigenvalue weighted by atomic mass is 9.67. The SMILES string of the molecule is [B]C(C)(C)C(NC)C(=O)OCCOCCOCCOc1ccc(C(=O)Oc2ccc(-c3ccc(OCCOC(=O)C=C)cc3)cc2)cc1. The number of nitrogens with one attached hydrogen (secondary N) is 1. The van der Waals surface area contributed by atoms with Crippen molar-refractivity contribution >= 4 is 25.8 Å². The molecule has 0 fully saturated rings. The summed E-state index contributed by atoms with van der Waals surface area (Å²) in [6, 6.07) is 20.7. The van der Waals surface area contributed by atoms with E-state index in [4.69, 9.17) is 41.0 Å². The molecule has 0 bridgehead atoms. The van der Waals surface area contributed by atoms with Gasteiger partial charge in [0.15, 0.2) is 0 Å². The number of carbonyl (C=O) groups excluding carboxylic acids is 3. The molecule has 1 N–H and O–H groups in total. The van der Waals surface area contributed by atoms with Crippen LogP contribution in [0.4, 0.5) is 0 Å². The molecule has 0 saturated heterocycles. The third-order valence-corrected chi connectivity index (χ3v) is 6.71.